The lowest BCUT2D eigenvalue weighted by molar-refractivity contribution is -0.166. The van der Waals surface area contributed by atoms with Crippen molar-refractivity contribution in [2.24, 2.45) is 5.92 Å². The number of aromatic amines is 1. The second-order valence-corrected chi connectivity index (χ2v) is 8.03. The number of hydrogen-bond donors (Lipinski definition) is 2. The Morgan fingerprint density at radius 3 is 2.42 bits per heavy atom. The summed E-state index contributed by atoms with van der Waals surface area (Å²) < 4.78 is 23.2. The minimum Gasteiger partial charge on any atom is -0.463 e. The molecule has 3 rings (SSSR count). The second kappa shape index (κ2) is 9.98. The summed E-state index contributed by atoms with van der Waals surface area (Å²) in [6.45, 7) is 7.94. The topological polar surface area (TPSA) is 164 Å². The van der Waals surface area contributed by atoms with Crippen LogP contribution in [0.15, 0.2) is 11.1 Å². The van der Waals surface area contributed by atoms with E-state index in [4.69, 9.17) is 18.9 Å². The molecule has 0 saturated carbocycles. The zero-order valence-corrected chi connectivity index (χ0v) is 19.0. The van der Waals surface area contributed by atoms with Crippen molar-refractivity contribution in [3.8, 4) is 0 Å². The molecule has 2 N–H and O–H groups in total. The number of imidazole rings is 1. The van der Waals surface area contributed by atoms with Crippen LogP contribution in [-0.4, -0.2) is 68.9 Å². The summed E-state index contributed by atoms with van der Waals surface area (Å²) in [5.41, 5.74) is -0.260. The molecule has 3 heterocycles. The number of ether oxygens (including phenoxy) is 4. The molecule has 33 heavy (non-hydrogen) atoms. The molecule has 0 aromatic carbocycles. The van der Waals surface area contributed by atoms with Gasteiger partial charge in [0.15, 0.2) is 29.6 Å². The summed E-state index contributed by atoms with van der Waals surface area (Å²) in [6, 6.07) is 0. The predicted molar refractivity (Wildman–Crippen MR) is 113 cm³/mol. The number of esters is 3. The van der Waals surface area contributed by atoms with Crippen molar-refractivity contribution in [2.75, 3.05) is 18.5 Å². The molecular weight excluding hydrogens is 438 g/mol. The van der Waals surface area contributed by atoms with Gasteiger partial charge >= 0.3 is 17.9 Å². The van der Waals surface area contributed by atoms with E-state index in [0.717, 1.165) is 0 Å². The van der Waals surface area contributed by atoms with Gasteiger partial charge in [-0.1, -0.05) is 13.8 Å². The summed E-state index contributed by atoms with van der Waals surface area (Å²) in [4.78, 5) is 58.6. The molecule has 13 heteroatoms. The van der Waals surface area contributed by atoms with E-state index in [1.54, 1.807) is 0 Å². The Morgan fingerprint density at radius 2 is 1.82 bits per heavy atom. The number of fused-ring (bicyclic) bond motifs is 1. The van der Waals surface area contributed by atoms with Crippen molar-refractivity contribution < 1.29 is 33.3 Å². The smallest absolute Gasteiger partial charge is 0.303 e. The summed E-state index contributed by atoms with van der Waals surface area (Å²) >= 11 is 0. The highest BCUT2D eigenvalue weighted by molar-refractivity contribution is 5.71. The fourth-order valence-corrected chi connectivity index (χ4v) is 3.41. The molecule has 180 valence electrons. The van der Waals surface area contributed by atoms with Gasteiger partial charge in [0.05, 0.1) is 6.33 Å². The average molecular weight is 465 g/mol. The zero-order chi connectivity index (χ0) is 24.3. The lowest BCUT2D eigenvalue weighted by Gasteiger charge is -2.23. The number of nitrogens with zero attached hydrogens (tertiary/aromatic N) is 3. The van der Waals surface area contributed by atoms with Gasteiger partial charge in [-0.25, -0.2) is 4.98 Å². The maximum Gasteiger partial charge on any atom is 0.303 e. The molecule has 2 aromatic rings. The molecule has 1 fully saturated rings. The van der Waals surface area contributed by atoms with Gasteiger partial charge in [0.25, 0.3) is 5.56 Å². The van der Waals surface area contributed by atoms with Crippen LogP contribution in [0.2, 0.25) is 0 Å². The largest absolute Gasteiger partial charge is 0.463 e. The van der Waals surface area contributed by atoms with Gasteiger partial charge < -0.3 is 24.3 Å². The lowest BCUT2D eigenvalue weighted by Crippen LogP contribution is -2.40. The Kier molecular flexibility index (Phi) is 7.31. The standard InChI is InChI=1S/C20H27N5O8/c1-9(2)6-21-20-23-17-14(18(29)24-20)22-8-25(17)19-16(32-12(5)28)15(31-11(4)27)13(33-19)7-30-10(3)26/h8-9,13,15-16,19H,6-7H2,1-5H3,(H2,21,23,24,29)/t13-,15-,16-,19-/m1/s1. The highest BCUT2D eigenvalue weighted by Crippen LogP contribution is 2.35. The maximum atomic E-state index is 12.5. The lowest BCUT2D eigenvalue weighted by atomic mass is 10.1. The first kappa shape index (κ1) is 24.2. The quantitative estimate of drug-likeness (QED) is 0.412. The molecule has 0 unspecified atom stereocenters. The van der Waals surface area contributed by atoms with Crippen molar-refractivity contribution in [3.05, 3.63) is 16.7 Å². The van der Waals surface area contributed by atoms with E-state index in [-0.39, 0.29) is 23.7 Å². The van der Waals surface area contributed by atoms with Crippen LogP contribution < -0.4 is 10.9 Å². The number of carbonyl (C=O) groups excluding carboxylic acids is 3. The van der Waals surface area contributed by atoms with E-state index in [0.29, 0.717) is 12.5 Å². The molecule has 1 aliphatic heterocycles. The molecule has 1 aliphatic rings. The molecular formula is C20H27N5O8. The minimum absolute atomic E-state index is 0.0442. The van der Waals surface area contributed by atoms with E-state index < -0.39 is 48.0 Å². The SMILES string of the molecule is CC(=O)OC[C@H]1O[C@@H](n2cnc3c(=O)[nH]c(NCC(C)C)nc32)[C@H](OC(C)=O)[C@@H]1OC(C)=O. The van der Waals surface area contributed by atoms with E-state index in [1.165, 1.54) is 31.7 Å². The van der Waals surface area contributed by atoms with Crippen LogP contribution in [0.5, 0.6) is 0 Å². The Balaban J connectivity index is 2.03. The Hall–Kier alpha value is -3.48. The number of carbonyl (C=O) groups is 3. The first-order chi connectivity index (χ1) is 15.6. The van der Waals surface area contributed by atoms with Crippen LogP contribution in [0.4, 0.5) is 5.95 Å². The van der Waals surface area contributed by atoms with E-state index >= 15 is 0 Å². The monoisotopic (exact) mass is 465 g/mol. The zero-order valence-electron chi connectivity index (χ0n) is 19.0. The van der Waals surface area contributed by atoms with Crippen molar-refractivity contribution >= 4 is 35.0 Å². The number of hydrogen-bond acceptors (Lipinski definition) is 11. The Labute approximate surface area is 188 Å². The van der Waals surface area contributed by atoms with Gasteiger partial charge in [0.2, 0.25) is 5.95 Å². The van der Waals surface area contributed by atoms with Crippen LogP contribution in [0.3, 0.4) is 0 Å². The van der Waals surface area contributed by atoms with Crippen LogP contribution in [0.1, 0.15) is 40.8 Å². The van der Waals surface area contributed by atoms with Crippen molar-refractivity contribution in [3.63, 3.8) is 0 Å². The summed E-state index contributed by atoms with van der Waals surface area (Å²) in [6.07, 6.45) is -2.87. The first-order valence-electron chi connectivity index (χ1n) is 10.4. The number of aromatic nitrogens is 4. The van der Waals surface area contributed by atoms with E-state index in [9.17, 15) is 19.2 Å². The highest BCUT2D eigenvalue weighted by atomic mass is 16.7. The van der Waals surface area contributed by atoms with E-state index in [2.05, 4.69) is 20.3 Å². The van der Waals surface area contributed by atoms with Gasteiger partial charge in [0.1, 0.15) is 12.7 Å². The number of anilines is 1. The minimum atomic E-state index is -1.11. The van der Waals surface area contributed by atoms with Crippen molar-refractivity contribution in [2.45, 2.75) is 59.2 Å². The number of rotatable bonds is 8. The molecule has 0 aliphatic carbocycles. The number of H-pyrrole nitrogens is 1. The first-order valence-corrected chi connectivity index (χ1v) is 10.4. The number of nitrogens with one attached hydrogen (secondary N) is 2. The molecule has 2 aromatic heterocycles. The van der Waals surface area contributed by atoms with Crippen LogP contribution in [0.25, 0.3) is 11.2 Å². The third kappa shape index (κ3) is 5.66. The molecule has 0 bridgehead atoms. The van der Waals surface area contributed by atoms with Gasteiger partial charge in [-0.2, -0.15) is 4.98 Å². The second-order valence-electron chi connectivity index (χ2n) is 8.03. The fraction of sp³-hybridized carbons (Fsp3) is 0.600. The Morgan fingerprint density at radius 1 is 1.15 bits per heavy atom. The maximum absolute atomic E-state index is 12.5. The summed E-state index contributed by atoms with van der Waals surface area (Å²) in [7, 11) is 0. The van der Waals surface area contributed by atoms with Gasteiger partial charge in [-0.15, -0.1) is 0 Å². The fourth-order valence-electron chi connectivity index (χ4n) is 3.41. The normalized spacial score (nSPS) is 22.4. The Bertz CT molecular complexity index is 1090. The predicted octanol–water partition coefficient (Wildman–Crippen LogP) is 0.511. The molecule has 0 spiro atoms. The molecule has 0 amide bonds. The molecule has 0 radical (unpaired) electrons. The van der Waals surface area contributed by atoms with E-state index in [1.807, 2.05) is 13.8 Å². The van der Waals surface area contributed by atoms with Crippen LogP contribution in [-0.2, 0) is 33.3 Å². The van der Waals surface area contributed by atoms with Crippen LogP contribution in [0, 0.1) is 5.92 Å². The third-order valence-corrected chi connectivity index (χ3v) is 4.72. The van der Waals surface area contributed by atoms with Gasteiger partial charge in [0, 0.05) is 27.3 Å². The van der Waals surface area contributed by atoms with Gasteiger partial charge in [-0.05, 0) is 5.92 Å². The average Bonchev–Trinajstić information content (AvgIpc) is 3.26. The highest BCUT2D eigenvalue weighted by Gasteiger charge is 2.51. The van der Waals surface area contributed by atoms with Gasteiger partial charge in [-0.3, -0.25) is 28.7 Å². The third-order valence-electron chi connectivity index (χ3n) is 4.72. The van der Waals surface area contributed by atoms with Crippen molar-refractivity contribution in [1.29, 1.82) is 0 Å². The molecule has 4 atom stereocenters. The molecule has 13 nitrogen and oxygen atoms in total. The summed E-state index contributed by atoms with van der Waals surface area (Å²) in [5, 5.41) is 3.04. The molecule has 1 saturated heterocycles. The summed E-state index contributed by atoms with van der Waals surface area (Å²) in [5.74, 6) is -1.31. The van der Waals surface area contributed by atoms with Crippen LogP contribution >= 0.6 is 0 Å². The van der Waals surface area contributed by atoms with Crippen molar-refractivity contribution in [1.82, 2.24) is 19.5 Å².